The van der Waals surface area contributed by atoms with Gasteiger partial charge in [-0.15, -0.1) is 0 Å². The second-order valence-corrected chi connectivity index (χ2v) is 2.36. The molecule has 4 heteroatoms. The fourth-order valence-electron chi connectivity index (χ4n) is 0.612. The van der Waals surface area contributed by atoms with Gasteiger partial charge in [-0.25, -0.2) is 9.97 Å². The van der Waals surface area contributed by atoms with E-state index >= 15 is 0 Å². The Hall–Kier alpha value is -1.11. The molecule has 0 radical (unpaired) electrons. The lowest BCUT2D eigenvalue weighted by molar-refractivity contribution is 0.305. The van der Waals surface area contributed by atoms with Crippen molar-refractivity contribution >= 4 is 11.6 Å². The van der Waals surface area contributed by atoms with Crippen LogP contribution in [0.25, 0.3) is 0 Å². The van der Waals surface area contributed by atoms with E-state index in [-0.39, 0.29) is 6.61 Å². The lowest BCUT2D eigenvalue weighted by atomic mass is 10.3. The molecule has 62 valence electrons. The number of aromatic nitrogens is 2. The maximum Gasteiger partial charge on any atom is 0.148 e. The summed E-state index contributed by atoms with van der Waals surface area (Å²) < 4.78 is 0. The average Bonchev–Trinajstić information content (AvgIpc) is 2.09. The molecule has 1 N–H and O–H groups in total. The van der Waals surface area contributed by atoms with Crippen molar-refractivity contribution < 1.29 is 5.11 Å². The molecule has 3 nitrogen and oxygen atoms in total. The van der Waals surface area contributed by atoms with Crippen molar-refractivity contribution in [2.24, 2.45) is 0 Å². The zero-order valence-corrected chi connectivity index (χ0v) is 7.04. The van der Waals surface area contributed by atoms with Gasteiger partial charge >= 0.3 is 0 Å². The summed E-state index contributed by atoms with van der Waals surface area (Å²) in [5, 5.41) is 8.79. The smallest absolute Gasteiger partial charge is 0.148 e. The molecule has 1 rings (SSSR count). The molecule has 0 spiro atoms. The molecule has 0 unspecified atom stereocenters. The van der Waals surface area contributed by atoms with Crippen LogP contribution in [0.15, 0.2) is 12.5 Å². The predicted octanol–water partition coefficient (Wildman–Crippen LogP) is 0.864. The number of halogens is 1. The number of aliphatic hydroxyl groups excluding tert-OH is 1. The van der Waals surface area contributed by atoms with Crippen molar-refractivity contribution in [1.29, 1.82) is 0 Å². The Morgan fingerprint density at radius 1 is 1.58 bits per heavy atom. The summed E-state index contributed by atoms with van der Waals surface area (Å²) in [6, 6.07) is 0. The van der Waals surface area contributed by atoms with Crippen LogP contribution in [0.1, 0.15) is 12.0 Å². The van der Waals surface area contributed by atoms with Crippen molar-refractivity contribution in [2.75, 3.05) is 6.61 Å². The first-order chi connectivity index (χ1) is 5.84. The highest BCUT2D eigenvalue weighted by atomic mass is 35.5. The van der Waals surface area contributed by atoms with Gasteiger partial charge in [-0.05, 0) is 0 Å². The quantitative estimate of drug-likeness (QED) is 0.518. The summed E-state index contributed by atoms with van der Waals surface area (Å²) in [6.07, 6.45) is 3.34. The lowest BCUT2D eigenvalue weighted by Crippen LogP contribution is -1.84. The van der Waals surface area contributed by atoms with Crippen molar-refractivity contribution in [2.45, 2.75) is 6.42 Å². The van der Waals surface area contributed by atoms with Crippen LogP contribution in [0.5, 0.6) is 0 Å². The molecule has 0 bridgehead atoms. The summed E-state index contributed by atoms with van der Waals surface area (Å²) in [4.78, 5) is 7.51. The Kier molecular flexibility index (Phi) is 3.52. The van der Waals surface area contributed by atoms with Crippen LogP contribution in [0.4, 0.5) is 0 Å². The topological polar surface area (TPSA) is 46.0 Å². The van der Waals surface area contributed by atoms with E-state index in [9.17, 15) is 0 Å². The monoisotopic (exact) mass is 182 g/mol. The van der Waals surface area contributed by atoms with Crippen LogP contribution in [-0.2, 0) is 0 Å². The van der Waals surface area contributed by atoms with Crippen LogP contribution >= 0.6 is 11.6 Å². The Labute approximate surface area is 75.4 Å². The van der Waals surface area contributed by atoms with Crippen molar-refractivity contribution in [1.82, 2.24) is 9.97 Å². The molecule has 1 aromatic rings. The molecule has 0 saturated carbocycles. The van der Waals surface area contributed by atoms with E-state index < -0.39 is 0 Å². The fourth-order valence-corrected chi connectivity index (χ4v) is 0.752. The maximum absolute atomic E-state index is 8.45. The minimum Gasteiger partial charge on any atom is -0.395 e. The Morgan fingerprint density at radius 3 is 3.08 bits per heavy atom. The van der Waals surface area contributed by atoms with Gasteiger partial charge in [0, 0.05) is 12.6 Å². The van der Waals surface area contributed by atoms with E-state index in [0.29, 0.717) is 17.1 Å². The van der Waals surface area contributed by atoms with Gasteiger partial charge in [-0.2, -0.15) is 0 Å². The van der Waals surface area contributed by atoms with Crippen molar-refractivity contribution in [3.8, 4) is 11.8 Å². The minimum atomic E-state index is 0.0539. The van der Waals surface area contributed by atoms with Gasteiger partial charge in [0.2, 0.25) is 0 Å². The van der Waals surface area contributed by atoms with E-state index in [1.165, 1.54) is 6.33 Å². The molecule has 0 aromatic carbocycles. The molecule has 0 amide bonds. The largest absolute Gasteiger partial charge is 0.395 e. The number of hydrogen-bond donors (Lipinski definition) is 1. The molecule has 12 heavy (non-hydrogen) atoms. The molecule has 0 aliphatic heterocycles. The van der Waals surface area contributed by atoms with E-state index in [2.05, 4.69) is 21.8 Å². The summed E-state index contributed by atoms with van der Waals surface area (Å²) in [6.45, 7) is 0.0539. The molecule has 0 atom stereocenters. The first-order valence-corrected chi connectivity index (χ1v) is 3.77. The normalized spacial score (nSPS) is 8.83. The summed E-state index contributed by atoms with van der Waals surface area (Å²) >= 11 is 5.69. The van der Waals surface area contributed by atoms with Gasteiger partial charge in [0.05, 0.1) is 12.2 Å². The maximum atomic E-state index is 8.45. The Balaban J connectivity index is 2.77. The number of aliphatic hydroxyl groups is 1. The summed E-state index contributed by atoms with van der Waals surface area (Å²) in [5.41, 5.74) is 0.590. The third kappa shape index (κ3) is 2.50. The predicted molar refractivity (Wildman–Crippen MR) is 45.6 cm³/mol. The Morgan fingerprint density at radius 2 is 2.42 bits per heavy atom. The number of nitrogens with zero attached hydrogens (tertiary/aromatic N) is 2. The van der Waals surface area contributed by atoms with Crippen molar-refractivity contribution in [3.63, 3.8) is 0 Å². The summed E-state index contributed by atoms with van der Waals surface area (Å²) in [7, 11) is 0. The molecular weight excluding hydrogens is 176 g/mol. The van der Waals surface area contributed by atoms with E-state index in [1.54, 1.807) is 6.20 Å². The van der Waals surface area contributed by atoms with E-state index in [1.807, 2.05) is 0 Å². The third-order valence-electron chi connectivity index (χ3n) is 1.12. The molecule has 0 aliphatic carbocycles. The fraction of sp³-hybridized carbons (Fsp3) is 0.250. The zero-order chi connectivity index (χ0) is 8.81. The van der Waals surface area contributed by atoms with E-state index in [4.69, 9.17) is 16.7 Å². The minimum absolute atomic E-state index is 0.0539. The van der Waals surface area contributed by atoms with Gasteiger partial charge < -0.3 is 5.11 Å². The molecule has 0 fully saturated rings. The van der Waals surface area contributed by atoms with Crippen LogP contribution in [-0.4, -0.2) is 21.7 Å². The van der Waals surface area contributed by atoms with Gasteiger partial charge in [-0.3, -0.25) is 0 Å². The van der Waals surface area contributed by atoms with Crippen LogP contribution in [0, 0.1) is 11.8 Å². The first kappa shape index (κ1) is 8.98. The zero-order valence-electron chi connectivity index (χ0n) is 6.29. The SMILES string of the molecule is OCCC#Cc1cncnc1Cl. The second-order valence-electron chi connectivity index (χ2n) is 2.00. The Bertz CT molecular complexity index is 316. The highest BCUT2D eigenvalue weighted by Gasteiger charge is 1.94. The molecule has 0 aliphatic rings. The van der Waals surface area contributed by atoms with Crippen molar-refractivity contribution in [3.05, 3.63) is 23.2 Å². The third-order valence-corrected chi connectivity index (χ3v) is 1.42. The highest BCUT2D eigenvalue weighted by molar-refractivity contribution is 6.30. The van der Waals surface area contributed by atoms with Crippen LogP contribution in [0.2, 0.25) is 5.15 Å². The lowest BCUT2D eigenvalue weighted by Gasteiger charge is -1.90. The first-order valence-electron chi connectivity index (χ1n) is 3.40. The second kappa shape index (κ2) is 4.70. The standard InChI is InChI=1S/C8H7ClN2O/c9-8-7(3-1-2-4-12)5-10-6-11-8/h5-6,12H,2,4H2. The molecule has 1 aromatic heterocycles. The average molecular weight is 183 g/mol. The van der Waals surface area contributed by atoms with Gasteiger partial charge in [0.1, 0.15) is 11.5 Å². The molecule has 1 heterocycles. The molecular formula is C8H7ClN2O. The van der Waals surface area contributed by atoms with Gasteiger partial charge in [0.25, 0.3) is 0 Å². The highest BCUT2D eigenvalue weighted by Crippen LogP contribution is 2.07. The van der Waals surface area contributed by atoms with Crippen LogP contribution in [0.3, 0.4) is 0 Å². The molecule has 0 saturated heterocycles. The van der Waals surface area contributed by atoms with Gasteiger partial charge in [0.15, 0.2) is 0 Å². The number of rotatable bonds is 1. The number of hydrogen-bond acceptors (Lipinski definition) is 3. The van der Waals surface area contributed by atoms with E-state index in [0.717, 1.165) is 0 Å². The van der Waals surface area contributed by atoms with Crippen LogP contribution < -0.4 is 0 Å². The van der Waals surface area contributed by atoms with Gasteiger partial charge in [-0.1, -0.05) is 23.4 Å². The summed E-state index contributed by atoms with van der Waals surface area (Å²) in [5.74, 6) is 5.47.